The van der Waals surface area contributed by atoms with Crippen LogP contribution in [0.2, 0.25) is 0 Å². The average Bonchev–Trinajstić information content (AvgIpc) is 2.15. The molecule has 2 N–H and O–H groups in total. The minimum atomic E-state index is -0.0474. The Balaban J connectivity index is 2.46. The largest absolute Gasteiger partial charge is 0.368 e. The predicted molar refractivity (Wildman–Crippen MR) is 68.5 cm³/mol. The Labute approximate surface area is 100 Å². The molecule has 0 aromatic rings. The van der Waals surface area contributed by atoms with Crippen LogP contribution in [-0.2, 0) is 4.74 Å². The molecule has 0 aromatic carbocycles. The Hall–Kier alpha value is -0.120. The molecule has 2 unspecified atom stereocenters. The van der Waals surface area contributed by atoms with E-state index < -0.39 is 0 Å². The molecule has 0 saturated carbocycles. The van der Waals surface area contributed by atoms with E-state index >= 15 is 0 Å². The first kappa shape index (κ1) is 13.9. The van der Waals surface area contributed by atoms with Gasteiger partial charge in [0.2, 0.25) is 0 Å². The number of ether oxygens (including phenoxy) is 1. The van der Waals surface area contributed by atoms with Crippen LogP contribution in [0.4, 0.5) is 0 Å². The van der Waals surface area contributed by atoms with Crippen molar-refractivity contribution < 1.29 is 4.74 Å². The highest BCUT2D eigenvalue weighted by molar-refractivity contribution is 4.85. The van der Waals surface area contributed by atoms with E-state index in [1.54, 1.807) is 0 Å². The van der Waals surface area contributed by atoms with E-state index in [-0.39, 0.29) is 11.7 Å². The smallest absolute Gasteiger partial charge is 0.0831 e. The number of nitrogens with two attached hydrogens (primary N) is 1. The second kappa shape index (κ2) is 5.99. The van der Waals surface area contributed by atoms with Crippen molar-refractivity contribution in [3.63, 3.8) is 0 Å². The molecule has 1 rings (SSSR count). The first-order chi connectivity index (χ1) is 7.46. The molecule has 1 aliphatic heterocycles. The lowest BCUT2D eigenvalue weighted by atomic mass is 10.0. The first-order valence-corrected chi connectivity index (χ1v) is 6.57. The highest BCUT2D eigenvalue weighted by atomic mass is 16.5. The highest BCUT2D eigenvalue weighted by Crippen LogP contribution is 2.22. The minimum absolute atomic E-state index is 0.0474. The Kier molecular flexibility index (Phi) is 5.22. The van der Waals surface area contributed by atoms with Crippen molar-refractivity contribution in [1.82, 2.24) is 4.90 Å². The Morgan fingerprint density at radius 3 is 2.75 bits per heavy atom. The third kappa shape index (κ3) is 4.40. The predicted octanol–water partition coefficient (Wildman–Crippen LogP) is 1.86. The fourth-order valence-corrected chi connectivity index (χ4v) is 2.70. The van der Waals surface area contributed by atoms with Crippen molar-refractivity contribution in [2.24, 2.45) is 11.7 Å². The van der Waals surface area contributed by atoms with E-state index in [1.165, 1.54) is 19.4 Å². The van der Waals surface area contributed by atoms with Gasteiger partial charge in [0.15, 0.2) is 0 Å². The van der Waals surface area contributed by atoms with Crippen molar-refractivity contribution in [2.75, 3.05) is 26.2 Å². The fraction of sp³-hybridized carbons (Fsp3) is 1.00. The molecule has 1 aliphatic rings. The van der Waals surface area contributed by atoms with Gasteiger partial charge in [0.1, 0.15) is 0 Å². The molecule has 1 saturated heterocycles. The average molecular weight is 228 g/mol. The van der Waals surface area contributed by atoms with Gasteiger partial charge in [-0.05, 0) is 26.2 Å². The maximum Gasteiger partial charge on any atom is 0.0831 e. The van der Waals surface area contributed by atoms with Crippen LogP contribution in [-0.4, -0.2) is 42.8 Å². The summed E-state index contributed by atoms with van der Waals surface area (Å²) in [5, 5.41) is 0. The van der Waals surface area contributed by atoms with Crippen LogP contribution in [0.3, 0.4) is 0 Å². The lowest BCUT2D eigenvalue weighted by Gasteiger charge is -2.43. The van der Waals surface area contributed by atoms with E-state index in [2.05, 4.69) is 32.6 Å². The zero-order valence-electron chi connectivity index (χ0n) is 11.3. The van der Waals surface area contributed by atoms with Crippen molar-refractivity contribution in [2.45, 2.75) is 52.2 Å². The molecule has 96 valence electrons. The van der Waals surface area contributed by atoms with Crippen LogP contribution >= 0.6 is 0 Å². The molecular weight excluding hydrogens is 200 g/mol. The van der Waals surface area contributed by atoms with E-state index in [4.69, 9.17) is 10.5 Å². The quantitative estimate of drug-likeness (QED) is 0.780. The zero-order valence-corrected chi connectivity index (χ0v) is 11.3. The second-order valence-electron chi connectivity index (χ2n) is 5.82. The molecule has 0 aromatic heterocycles. The van der Waals surface area contributed by atoms with Gasteiger partial charge in [-0.2, -0.15) is 0 Å². The maximum absolute atomic E-state index is 5.93. The van der Waals surface area contributed by atoms with E-state index in [0.717, 1.165) is 19.0 Å². The molecule has 16 heavy (non-hydrogen) atoms. The number of hydrogen-bond donors (Lipinski definition) is 1. The van der Waals surface area contributed by atoms with Crippen molar-refractivity contribution in [3.8, 4) is 0 Å². The van der Waals surface area contributed by atoms with Gasteiger partial charge in [0, 0.05) is 26.2 Å². The first-order valence-electron chi connectivity index (χ1n) is 6.57. The summed E-state index contributed by atoms with van der Waals surface area (Å²) in [4.78, 5) is 2.52. The molecule has 0 amide bonds. The number of rotatable bonds is 5. The van der Waals surface area contributed by atoms with Crippen LogP contribution in [0.1, 0.15) is 40.5 Å². The van der Waals surface area contributed by atoms with Crippen molar-refractivity contribution in [1.29, 1.82) is 0 Å². The summed E-state index contributed by atoms with van der Waals surface area (Å²) in [7, 11) is 0. The molecule has 3 nitrogen and oxygen atoms in total. The lowest BCUT2D eigenvalue weighted by molar-refractivity contribution is -0.133. The molecule has 0 aliphatic carbocycles. The SMILES string of the molecule is CCCC(C)CN1CC(CN)OC(C)(C)C1. The van der Waals surface area contributed by atoms with Crippen molar-refractivity contribution in [3.05, 3.63) is 0 Å². The molecule has 3 heteroatoms. The van der Waals surface area contributed by atoms with E-state index in [9.17, 15) is 0 Å². The summed E-state index contributed by atoms with van der Waals surface area (Å²) in [6.07, 6.45) is 2.79. The number of morpholine rings is 1. The monoisotopic (exact) mass is 228 g/mol. The molecule has 0 spiro atoms. The summed E-state index contributed by atoms with van der Waals surface area (Å²) in [6.45, 7) is 12.7. The second-order valence-corrected chi connectivity index (χ2v) is 5.82. The van der Waals surface area contributed by atoms with Gasteiger partial charge in [-0.3, -0.25) is 4.90 Å². The van der Waals surface area contributed by atoms with Crippen molar-refractivity contribution >= 4 is 0 Å². The van der Waals surface area contributed by atoms with Crippen LogP contribution in [0.15, 0.2) is 0 Å². The van der Waals surface area contributed by atoms with Gasteiger partial charge in [0.25, 0.3) is 0 Å². The summed E-state index contributed by atoms with van der Waals surface area (Å²) >= 11 is 0. The van der Waals surface area contributed by atoms with Crippen LogP contribution in [0.5, 0.6) is 0 Å². The van der Waals surface area contributed by atoms with Gasteiger partial charge in [-0.1, -0.05) is 20.3 Å². The number of nitrogens with zero attached hydrogens (tertiary/aromatic N) is 1. The fourth-order valence-electron chi connectivity index (χ4n) is 2.70. The van der Waals surface area contributed by atoms with Crippen LogP contribution in [0.25, 0.3) is 0 Å². The molecule has 1 fully saturated rings. The third-order valence-corrected chi connectivity index (χ3v) is 3.17. The normalized spacial score (nSPS) is 27.9. The van der Waals surface area contributed by atoms with E-state index in [0.29, 0.717) is 6.54 Å². The molecule has 1 heterocycles. The summed E-state index contributed by atoms with van der Waals surface area (Å²) in [5.41, 5.74) is 5.68. The Morgan fingerprint density at radius 1 is 1.50 bits per heavy atom. The summed E-state index contributed by atoms with van der Waals surface area (Å²) < 4.78 is 5.93. The molecular formula is C13H28N2O. The summed E-state index contributed by atoms with van der Waals surface area (Å²) in [5.74, 6) is 0.775. The van der Waals surface area contributed by atoms with Gasteiger partial charge < -0.3 is 10.5 Å². The van der Waals surface area contributed by atoms with Crippen LogP contribution in [0, 0.1) is 5.92 Å². The van der Waals surface area contributed by atoms with Gasteiger partial charge >= 0.3 is 0 Å². The molecule has 0 radical (unpaired) electrons. The summed E-state index contributed by atoms with van der Waals surface area (Å²) in [6, 6.07) is 0. The van der Waals surface area contributed by atoms with Crippen LogP contribution < -0.4 is 5.73 Å². The standard InChI is InChI=1S/C13H28N2O/c1-5-6-11(2)8-15-9-12(7-14)16-13(3,4)10-15/h11-12H,5-10,14H2,1-4H3. The van der Waals surface area contributed by atoms with E-state index in [1.807, 2.05) is 0 Å². The van der Waals surface area contributed by atoms with Gasteiger partial charge in [0.05, 0.1) is 11.7 Å². The maximum atomic E-state index is 5.93. The highest BCUT2D eigenvalue weighted by Gasteiger charge is 2.32. The Bertz CT molecular complexity index is 206. The lowest BCUT2D eigenvalue weighted by Crippen LogP contribution is -2.55. The van der Waals surface area contributed by atoms with Gasteiger partial charge in [-0.25, -0.2) is 0 Å². The third-order valence-electron chi connectivity index (χ3n) is 3.17. The minimum Gasteiger partial charge on any atom is -0.368 e. The Morgan fingerprint density at radius 2 is 2.19 bits per heavy atom. The zero-order chi connectivity index (χ0) is 12.2. The molecule has 0 bridgehead atoms. The topological polar surface area (TPSA) is 38.5 Å². The molecule has 2 atom stereocenters. The number of hydrogen-bond acceptors (Lipinski definition) is 3. The van der Waals surface area contributed by atoms with Gasteiger partial charge in [-0.15, -0.1) is 0 Å².